The summed E-state index contributed by atoms with van der Waals surface area (Å²) in [6, 6.07) is 1.12. The number of amides is 4. The largest absolute Gasteiger partial charge is 0.490 e. The lowest BCUT2D eigenvalue weighted by Crippen LogP contribution is -2.54. The minimum absolute atomic E-state index is 0. The Morgan fingerprint density at radius 2 is 1.82 bits per heavy atom. The van der Waals surface area contributed by atoms with E-state index < -0.39 is 35.5 Å². The first-order valence-electron chi connectivity index (χ1n) is 8.84. The average Bonchev–Trinajstić information content (AvgIpc) is 3.22. The summed E-state index contributed by atoms with van der Waals surface area (Å²) in [7, 11) is 0. The molecule has 10 heteroatoms. The third-order valence-electron chi connectivity index (χ3n) is 5.13. The van der Waals surface area contributed by atoms with Crippen molar-refractivity contribution in [2.24, 2.45) is 5.92 Å². The molecule has 2 fully saturated rings. The van der Waals surface area contributed by atoms with Gasteiger partial charge in [0.25, 0.3) is 11.8 Å². The zero-order valence-electron chi connectivity index (χ0n) is 14.8. The van der Waals surface area contributed by atoms with Crippen LogP contribution in [0, 0.1) is 11.7 Å². The van der Waals surface area contributed by atoms with E-state index in [1.807, 2.05) is 0 Å². The van der Waals surface area contributed by atoms with E-state index in [1.54, 1.807) is 0 Å². The second-order valence-electron chi connectivity index (χ2n) is 6.95. The summed E-state index contributed by atoms with van der Waals surface area (Å²) in [5.74, 6) is -3.14. The van der Waals surface area contributed by atoms with Crippen molar-refractivity contribution >= 4 is 36.0 Å². The second kappa shape index (κ2) is 7.84. The van der Waals surface area contributed by atoms with E-state index in [2.05, 4.69) is 10.6 Å². The molecule has 1 aromatic rings. The predicted molar refractivity (Wildman–Crippen MR) is 96.8 cm³/mol. The zero-order chi connectivity index (χ0) is 19.1. The van der Waals surface area contributed by atoms with E-state index in [-0.39, 0.29) is 48.0 Å². The minimum Gasteiger partial charge on any atom is -0.490 e. The summed E-state index contributed by atoms with van der Waals surface area (Å²) in [5, 5.41) is 5.31. The number of carbonyl (C=O) groups is 4. The highest BCUT2D eigenvalue weighted by Gasteiger charge is 2.45. The Bertz CT molecular complexity index is 856. The number of nitrogens with one attached hydrogen (secondary N) is 2. The molecule has 3 heterocycles. The normalized spacial score (nSPS) is 24.1. The van der Waals surface area contributed by atoms with Crippen molar-refractivity contribution in [1.29, 1.82) is 0 Å². The van der Waals surface area contributed by atoms with Crippen LogP contribution in [0.15, 0.2) is 12.1 Å². The van der Waals surface area contributed by atoms with Gasteiger partial charge in [-0.3, -0.25) is 29.4 Å². The molecule has 0 aliphatic carbocycles. The van der Waals surface area contributed by atoms with E-state index in [0.717, 1.165) is 30.5 Å². The predicted octanol–water partition coefficient (Wildman–Crippen LogP) is 0.637. The molecule has 0 saturated carbocycles. The molecule has 0 radical (unpaired) electrons. The summed E-state index contributed by atoms with van der Waals surface area (Å²) in [6.07, 6.45) is 1.01. The Morgan fingerprint density at radius 3 is 2.46 bits per heavy atom. The number of rotatable bonds is 4. The van der Waals surface area contributed by atoms with Gasteiger partial charge in [-0.25, -0.2) is 4.39 Å². The van der Waals surface area contributed by atoms with Crippen LogP contribution in [0.25, 0.3) is 0 Å². The van der Waals surface area contributed by atoms with Crippen LogP contribution in [0.4, 0.5) is 4.39 Å². The first-order valence-corrected chi connectivity index (χ1v) is 8.84. The summed E-state index contributed by atoms with van der Waals surface area (Å²) in [6.45, 7) is 1.98. The first kappa shape index (κ1) is 20.2. The topological polar surface area (TPSA) is 105 Å². The van der Waals surface area contributed by atoms with Gasteiger partial charge in [-0.05, 0) is 31.5 Å². The lowest BCUT2D eigenvalue weighted by Gasteiger charge is -2.27. The molecular formula is C18H19ClFN3O5. The Kier molecular flexibility index (Phi) is 5.66. The zero-order valence-corrected chi connectivity index (χ0v) is 15.6. The van der Waals surface area contributed by atoms with Crippen LogP contribution in [0.5, 0.6) is 5.75 Å². The van der Waals surface area contributed by atoms with Crippen molar-refractivity contribution in [2.45, 2.75) is 25.3 Å². The molecule has 8 nitrogen and oxygen atoms in total. The van der Waals surface area contributed by atoms with Gasteiger partial charge in [-0.2, -0.15) is 0 Å². The van der Waals surface area contributed by atoms with Gasteiger partial charge in [-0.15, -0.1) is 12.4 Å². The van der Waals surface area contributed by atoms with Gasteiger partial charge in [0.15, 0.2) is 11.6 Å². The van der Waals surface area contributed by atoms with Crippen LogP contribution >= 0.6 is 12.4 Å². The number of imide groups is 2. The number of hydrogen-bond donors (Lipinski definition) is 2. The van der Waals surface area contributed by atoms with E-state index in [4.69, 9.17) is 4.74 Å². The van der Waals surface area contributed by atoms with Crippen LogP contribution in [0.3, 0.4) is 0 Å². The molecule has 3 aliphatic heterocycles. The SMILES string of the molecule is Cl.O=C1CCC(N2C(=O)c3cc(F)c(OC[C@@H]4CCNC4)cc3C2=O)C(=O)N1. The minimum atomic E-state index is -1.08. The smallest absolute Gasteiger partial charge is 0.262 e. The van der Waals surface area contributed by atoms with Gasteiger partial charge in [0.2, 0.25) is 11.8 Å². The van der Waals surface area contributed by atoms with Crippen molar-refractivity contribution in [3.05, 3.63) is 29.1 Å². The fraction of sp³-hybridized carbons (Fsp3) is 0.444. The van der Waals surface area contributed by atoms with Crippen LogP contribution in [0.2, 0.25) is 0 Å². The highest BCUT2D eigenvalue weighted by atomic mass is 35.5. The van der Waals surface area contributed by atoms with Crippen molar-refractivity contribution in [3.63, 3.8) is 0 Å². The van der Waals surface area contributed by atoms with Crippen molar-refractivity contribution in [1.82, 2.24) is 15.5 Å². The number of nitrogens with zero attached hydrogens (tertiary/aromatic N) is 1. The molecular weight excluding hydrogens is 393 g/mol. The molecule has 1 unspecified atom stereocenters. The molecule has 2 atom stereocenters. The molecule has 2 saturated heterocycles. The second-order valence-corrected chi connectivity index (χ2v) is 6.95. The van der Waals surface area contributed by atoms with Crippen LogP contribution < -0.4 is 15.4 Å². The third kappa shape index (κ3) is 3.47. The lowest BCUT2D eigenvalue weighted by molar-refractivity contribution is -0.136. The Morgan fingerprint density at radius 1 is 1.11 bits per heavy atom. The Hall–Kier alpha value is -2.52. The molecule has 4 rings (SSSR count). The standard InChI is InChI=1S/C18H18FN3O5.ClH/c19-12-5-10-11(6-14(12)27-8-9-3-4-20-7-9)18(26)22(17(10)25)13-1-2-15(23)21-16(13)24;/h5-6,9,13,20H,1-4,7-8H2,(H,21,23,24);1H/t9-,13?;/m1./s1. The van der Waals surface area contributed by atoms with Gasteiger partial charge in [0, 0.05) is 18.9 Å². The maximum Gasteiger partial charge on any atom is 0.262 e. The third-order valence-corrected chi connectivity index (χ3v) is 5.13. The van der Waals surface area contributed by atoms with Crippen molar-refractivity contribution in [2.75, 3.05) is 19.7 Å². The van der Waals surface area contributed by atoms with Crippen molar-refractivity contribution in [3.8, 4) is 5.75 Å². The fourth-order valence-corrected chi connectivity index (χ4v) is 3.65. The summed E-state index contributed by atoms with van der Waals surface area (Å²) in [4.78, 5) is 49.4. The van der Waals surface area contributed by atoms with E-state index >= 15 is 0 Å². The number of halogens is 2. The van der Waals surface area contributed by atoms with Gasteiger partial charge in [-0.1, -0.05) is 0 Å². The monoisotopic (exact) mass is 411 g/mol. The Balaban J connectivity index is 0.00000225. The molecule has 0 aromatic heterocycles. The quantitative estimate of drug-likeness (QED) is 0.704. The summed E-state index contributed by atoms with van der Waals surface area (Å²) in [5.41, 5.74) is -0.0947. The van der Waals surface area contributed by atoms with Crippen molar-refractivity contribution < 1.29 is 28.3 Å². The molecule has 28 heavy (non-hydrogen) atoms. The number of hydrogen-bond acceptors (Lipinski definition) is 6. The average molecular weight is 412 g/mol. The molecule has 0 bridgehead atoms. The molecule has 1 aromatic carbocycles. The summed E-state index contributed by atoms with van der Waals surface area (Å²) >= 11 is 0. The van der Waals surface area contributed by atoms with E-state index in [1.165, 1.54) is 6.07 Å². The van der Waals surface area contributed by atoms with E-state index in [9.17, 15) is 23.6 Å². The molecule has 3 aliphatic rings. The maximum absolute atomic E-state index is 14.4. The first-order chi connectivity index (χ1) is 13.0. The number of benzene rings is 1. The molecule has 150 valence electrons. The van der Waals surface area contributed by atoms with Crippen LogP contribution in [0.1, 0.15) is 40.0 Å². The number of piperidine rings is 1. The number of carbonyl (C=O) groups excluding carboxylic acids is 4. The number of fused-ring (bicyclic) bond motifs is 1. The maximum atomic E-state index is 14.4. The van der Waals surface area contributed by atoms with E-state index in [0.29, 0.717) is 6.61 Å². The highest BCUT2D eigenvalue weighted by Crippen LogP contribution is 2.32. The molecule has 0 spiro atoms. The van der Waals surface area contributed by atoms with Gasteiger partial charge < -0.3 is 10.1 Å². The van der Waals surface area contributed by atoms with Crippen LogP contribution in [-0.4, -0.2) is 54.3 Å². The van der Waals surface area contributed by atoms with Gasteiger partial charge in [0.05, 0.1) is 17.7 Å². The van der Waals surface area contributed by atoms with Gasteiger partial charge in [0.1, 0.15) is 6.04 Å². The molecule has 4 amide bonds. The summed E-state index contributed by atoms with van der Waals surface area (Å²) < 4.78 is 19.9. The fourth-order valence-electron chi connectivity index (χ4n) is 3.65. The number of ether oxygens (including phenoxy) is 1. The molecule has 2 N–H and O–H groups in total. The Labute approximate surface area is 166 Å². The lowest BCUT2D eigenvalue weighted by atomic mass is 10.0. The van der Waals surface area contributed by atoms with Crippen LogP contribution in [-0.2, 0) is 9.59 Å². The van der Waals surface area contributed by atoms with Gasteiger partial charge >= 0.3 is 0 Å². The highest BCUT2D eigenvalue weighted by molar-refractivity contribution is 6.23.